The lowest BCUT2D eigenvalue weighted by atomic mass is 9.90. The van der Waals surface area contributed by atoms with E-state index in [4.69, 9.17) is 4.52 Å². The molecule has 0 amide bonds. The number of rotatable bonds is 3. The van der Waals surface area contributed by atoms with Crippen LogP contribution in [-0.2, 0) is 6.42 Å². The molecule has 0 spiro atoms. The van der Waals surface area contributed by atoms with Gasteiger partial charge in [-0.3, -0.25) is 0 Å². The van der Waals surface area contributed by atoms with Crippen LogP contribution in [0.1, 0.15) is 45.3 Å². The van der Waals surface area contributed by atoms with Gasteiger partial charge in [0.1, 0.15) is 5.69 Å². The number of carboxylic acids is 1. The summed E-state index contributed by atoms with van der Waals surface area (Å²) < 4.78 is 5.04. The molecule has 4 nitrogen and oxygen atoms in total. The van der Waals surface area contributed by atoms with Gasteiger partial charge < -0.3 is 9.63 Å². The van der Waals surface area contributed by atoms with Gasteiger partial charge in [-0.25, -0.2) is 4.79 Å². The molecule has 1 aromatic heterocycles. The number of hydrogen-bond acceptors (Lipinski definition) is 3. The Morgan fingerprint density at radius 2 is 1.75 bits per heavy atom. The van der Waals surface area contributed by atoms with Crippen LogP contribution in [0.2, 0.25) is 0 Å². The summed E-state index contributed by atoms with van der Waals surface area (Å²) in [7, 11) is 0. The molecule has 0 aliphatic rings. The van der Waals surface area contributed by atoms with Crippen LogP contribution in [0.15, 0.2) is 10.6 Å². The van der Waals surface area contributed by atoms with Crippen molar-refractivity contribution in [2.24, 2.45) is 0 Å². The number of aromatic nitrogens is 1. The van der Waals surface area contributed by atoms with Crippen molar-refractivity contribution in [1.29, 1.82) is 0 Å². The average Bonchev–Trinajstić information content (AvgIpc) is 2.80. The van der Waals surface area contributed by atoms with E-state index >= 15 is 0 Å². The van der Waals surface area contributed by atoms with Crippen molar-refractivity contribution in [3.05, 3.63) is 39.6 Å². The number of carboxylic acid groups (broad SMARTS) is 1. The molecule has 0 saturated carbocycles. The van der Waals surface area contributed by atoms with Gasteiger partial charge in [0.05, 0.1) is 0 Å². The third-order valence-corrected chi connectivity index (χ3v) is 3.94. The van der Waals surface area contributed by atoms with Gasteiger partial charge in [0.2, 0.25) is 5.76 Å². The fourth-order valence-corrected chi connectivity index (χ4v) is 2.57. The maximum atomic E-state index is 11.2. The molecule has 20 heavy (non-hydrogen) atoms. The van der Waals surface area contributed by atoms with Crippen LogP contribution in [0.25, 0.3) is 11.3 Å². The zero-order valence-electron chi connectivity index (χ0n) is 12.5. The second-order valence-electron chi connectivity index (χ2n) is 5.13. The standard InChI is InChI=1S/C16H19NO3/c1-6-12-14(17-20-15(12)16(18)19)13-10(4)8(2)7-9(3)11(13)5/h7H,6H2,1-5H3,(H,18,19). The Labute approximate surface area is 118 Å². The highest BCUT2D eigenvalue weighted by Crippen LogP contribution is 2.34. The predicted molar refractivity (Wildman–Crippen MR) is 77.2 cm³/mol. The van der Waals surface area contributed by atoms with Gasteiger partial charge in [-0.2, -0.15) is 0 Å². The maximum Gasteiger partial charge on any atom is 0.375 e. The monoisotopic (exact) mass is 273 g/mol. The van der Waals surface area contributed by atoms with Crippen molar-refractivity contribution in [3.63, 3.8) is 0 Å². The molecule has 0 fully saturated rings. The fraction of sp³-hybridized carbons (Fsp3) is 0.375. The predicted octanol–water partition coefficient (Wildman–Crippen LogP) is 3.84. The quantitative estimate of drug-likeness (QED) is 0.923. The van der Waals surface area contributed by atoms with Crippen LogP contribution in [0.3, 0.4) is 0 Å². The molecule has 0 saturated heterocycles. The zero-order valence-corrected chi connectivity index (χ0v) is 12.5. The van der Waals surface area contributed by atoms with Gasteiger partial charge in [0, 0.05) is 11.1 Å². The zero-order chi connectivity index (χ0) is 15.0. The Hall–Kier alpha value is -2.10. The molecule has 106 valence electrons. The first-order valence-electron chi connectivity index (χ1n) is 6.68. The molecule has 0 aliphatic carbocycles. The summed E-state index contributed by atoms with van der Waals surface area (Å²) in [5.41, 5.74) is 6.90. The Kier molecular flexibility index (Phi) is 3.66. The van der Waals surface area contributed by atoms with E-state index in [9.17, 15) is 9.90 Å². The summed E-state index contributed by atoms with van der Waals surface area (Å²) >= 11 is 0. The fourth-order valence-electron chi connectivity index (χ4n) is 2.57. The van der Waals surface area contributed by atoms with Gasteiger partial charge in [0.15, 0.2) is 0 Å². The topological polar surface area (TPSA) is 63.3 Å². The van der Waals surface area contributed by atoms with Crippen molar-refractivity contribution < 1.29 is 14.4 Å². The van der Waals surface area contributed by atoms with Gasteiger partial charge >= 0.3 is 5.97 Å². The van der Waals surface area contributed by atoms with E-state index in [0.717, 1.165) is 16.7 Å². The molecule has 1 heterocycles. The van der Waals surface area contributed by atoms with E-state index in [2.05, 4.69) is 25.1 Å². The summed E-state index contributed by atoms with van der Waals surface area (Å²) in [6, 6.07) is 2.14. The molecule has 0 unspecified atom stereocenters. The summed E-state index contributed by atoms with van der Waals surface area (Å²) in [4.78, 5) is 11.2. The van der Waals surface area contributed by atoms with Crippen molar-refractivity contribution in [1.82, 2.24) is 5.16 Å². The average molecular weight is 273 g/mol. The number of benzene rings is 1. The maximum absolute atomic E-state index is 11.2. The summed E-state index contributed by atoms with van der Waals surface area (Å²) in [6.07, 6.45) is 0.576. The van der Waals surface area contributed by atoms with Crippen molar-refractivity contribution in [2.45, 2.75) is 41.0 Å². The first-order valence-corrected chi connectivity index (χ1v) is 6.68. The number of aryl methyl sites for hydroxylation is 2. The highest BCUT2D eigenvalue weighted by Gasteiger charge is 2.24. The molecule has 0 radical (unpaired) electrons. The van der Waals surface area contributed by atoms with Crippen molar-refractivity contribution >= 4 is 5.97 Å². The van der Waals surface area contributed by atoms with E-state index in [-0.39, 0.29) is 5.76 Å². The number of nitrogens with zero attached hydrogens (tertiary/aromatic N) is 1. The summed E-state index contributed by atoms with van der Waals surface area (Å²) in [5, 5.41) is 13.2. The largest absolute Gasteiger partial charge is 0.475 e. The molecule has 1 aromatic carbocycles. The number of carbonyl (C=O) groups is 1. The van der Waals surface area contributed by atoms with E-state index in [1.165, 1.54) is 11.1 Å². The lowest BCUT2D eigenvalue weighted by Gasteiger charge is -2.14. The molecule has 4 heteroatoms. The SMILES string of the molecule is CCc1c(-c2c(C)c(C)cc(C)c2C)noc1C(=O)O. The van der Waals surface area contributed by atoms with E-state index in [1.807, 2.05) is 20.8 Å². The van der Waals surface area contributed by atoms with Crippen LogP contribution in [0.4, 0.5) is 0 Å². The molecule has 0 bridgehead atoms. The molecule has 2 rings (SSSR count). The molecule has 1 N–H and O–H groups in total. The lowest BCUT2D eigenvalue weighted by Crippen LogP contribution is -2.01. The lowest BCUT2D eigenvalue weighted by molar-refractivity contribution is 0.0650. The molecule has 0 atom stereocenters. The Morgan fingerprint density at radius 3 is 2.20 bits per heavy atom. The smallest absolute Gasteiger partial charge is 0.375 e. The first-order chi connectivity index (χ1) is 9.38. The minimum Gasteiger partial charge on any atom is -0.475 e. The molecule has 2 aromatic rings. The second kappa shape index (κ2) is 5.12. The Morgan fingerprint density at radius 1 is 1.20 bits per heavy atom. The minimum absolute atomic E-state index is 0.0551. The van der Waals surface area contributed by atoms with Crippen molar-refractivity contribution in [3.8, 4) is 11.3 Å². The Balaban J connectivity index is 2.79. The normalized spacial score (nSPS) is 10.8. The van der Waals surface area contributed by atoms with Crippen LogP contribution < -0.4 is 0 Å². The molecular formula is C16H19NO3. The number of hydrogen-bond donors (Lipinski definition) is 1. The van der Waals surface area contributed by atoms with Crippen molar-refractivity contribution in [2.75, 3.05) is 0 Å². The van der Waals surface area contributed by atoms with Crippen LogP contribution in [0.5, 0.6) is 0 Å². The highest BCUT2D eigenvalue weighted by molar-refractivity contribution is 5.89. The first kappa shape index (κ1) is 14.3. The Bertz CT molecular complexity index is 657. The minimum atomic E-state index is -1.07. The van der Waals surface area contributed by atoms with Gasteiger partial charge in [0.25, 0.3) is 0 Å². The summed E-state index contributed by atoms with van der Waals surface area (Å²) in [5.74, 6) is -1.12. The second-order valence-corrected chi connectivity index (χ2v) is 5.13. The van der Waals surface area contributed by atoms with E-state index < -0.39 is 5.97 Å². The van der Waals surface area contributed by atoms with Gasteiger partial charge in [-0.05, 0) is 56.4 Å². The van der Waals surface area contributed by atoms with Crippen LogP contribution in [0, 0.1) is 27.7 Å². The molecular weight excluding hydrogens is 254 g/mol. The van der Waals surface area contributed by atoms with Gasteiger partial charge in [-0.1, -0.05) is 18.1 Å². The summed E-state index contributed by atoms with van der Waals surface area (Å²) in [6.45, 7) is 10.1. The van der Waals surface area contributed by atoms with E-state index in [1.54, 1.807) is 0 Å². The van der Waals surface area contributed by atoms with Crippen LogP contribution >= 0.6 is 0 Å². The number of aromatic carboxylic acids is 1. The third kappa shape index (κ3) is 2.11. The van der Waals surface area contributed by atoms with Gasteiger partial charge in [-0.15, -0.1) is 0 Å². The highest BCUT2D eigenvalue weighted by atomic mass is 16.5. The van der Waals surface area contributed by atoms with Crippen LogP contribution in [-0.4, -0.2) is 16.2 Å². The third-order valence-electron chi connectivity index (χ3n) is 3.94. The van der Waals surface area contributed by atoms with E-state index in [0.29, 0.717) is 17.7 Å². The molecule has 0 aliphatic heterocycles.